The highest BCUT2D eigenvalue weighted by molar-refractivity contribution is 9.10. The number of nitrogens with zero attached hydrogens (tertiary/aromatic N) is 2. The lowest BCUT2D eigenvalue weighted by molar-refractivity contribution is 0.203. The van der Waals surface area contributed by atoms with E-state index in [9.17, 15) is 17.6 Å². The highest BCUT2D eigenvalue weighted by atomic mass is 79.9. The molecule has 0 radical (unpaired) electrons. The molecule has 3 aromatic carbocycles. The molecule has 1 unspecified atom stereocenters. The van der Waals surface area contributed by atoms with Crippen LogP contribution in [-0.4, -0.2) is 38.7 Å². The van der Waals surface area contributed by atoms with Crippen LogP contribution < -0.4 is 14.4 Å². The van der Waals surface area contributed by atoms with Gasteiger partial charge in [0.15, 0.2) is 0 Å². The van der Waals surface area contributed by atoms with Gasteiger partial charge < -0.3 is 15.0 Å². The van der Waals surface area contributed by atoms with E-state index in [0.717, 1.165) is 15.6 Å². The number of halogens is 3. The minimum absolute atomic E-state index is 0.0467. The average molecular weight is 611 g/mol. The Labute approximate surface area is 229 Å². The Morgan fingerprint density at radius 3 is 2.57 bits per heavy atom. The van der Waals surface area contributed by atoms with E-state index >= 15 is 0 Å². The van der Waals surface area contributed by atoms with Crippen molar-refractivity contribution in [2.75, 3.05) is 23.7 Å². The van der Waals surface area contributed by atoms with Crippen LogP contribution >= 0.6 is 27.5 Å². The Kier molecular flexibility index (Phi) is 8.30. The summed E-state index contributed by atoms with van der Waals surface area (Å²) in [5.41, 5.74) is 2.22. The summed E-state index contributed by atoms with van der Waals surface area (Å²) in [7, 11) is -1.57. The van der Waals surface area contributed by atoms with Gasteiger partial charge >= 0.3 is 6.03 Å². The lowest BCUT2D eigenvalue weighted by Gasteiger charge is -2.23. The molecule has 1 atom stereocenters. The van der Waals surface area contributed by atoms with Gasteiger partial charge in [-0.15, -0.1) is 0 Å². The van der Waals surface area contributed by atoms with Crippen LogP contribution in [0, 0.1) is 5.82 Å². The van der Waals surface area contributed by atoms with Crippen molar-refractivity contribution < 1.29 is 22.3 Å². The second-order valence-corrected chi connectivity index (χ2v) is 12.1. The van der Waals surface area contributed by atoms with Gasteiger partial charge in [0.05, 0.1) is 29.0 Å². The molecular weight excluding hydrogens is 585 g/mol. The lowest BCUT2D eigenvalue weighted by Crippen LogP contribution is -2.38. The number of hydrogen-bond donors (Lipinski definition) is 1. The predicted molar refractivity (Wildman–Crippen MR) is 146 cm³/mol. The van der Waals surface area contributed by atoms with E-state index in [4.69, 9.17) is 16.3 Å². The molecular formula is C26H26BrClFN3O4S. The third-order valence-electron chi connectivity index (χ3n) is 6.02. The maximum atomic E-state index is 13.5. The van der Waals surface area contributed by atoms with Gasteiger partial charge in [-0.3, -0.25) is 4.31 Å². The van der Waals surface area contributed by atoms with Gasteiger partial charge in [-0.05, 0) is 55.3 Å². The molecule has 0 aromatic heterocycles. The third-order valence-corrected chi connectivity index (χ3v) is 8.68. The summed E-state index contributed by atoms with van der Waals surface area (Å²) >= 11 is 9.30. The fourth-order valence-corrected chi connectivity index (χ4v) is 6.06. The number of urea groups is 1. The van der Waals surface area contributed by atoms with E-state index < -0.39 is 15.8 Å². The van der Waals surface area contributed by atoms with E-state index in [-0.39, 0.29) is 29.4 Å². The number of rotatable bonds is 7. The van der Waals surface area contributed by atoms with Crippen LogP contribution in [0.15, 0.2) is 65.1 Å². The van der Waals surface area contributed by atoms with Crippen molar-refractivity contribution in [2.24, 2.45) is 0 Å². The molecule has 0 bridgehead atoms. The first kappa shape index (κ1) is 27.2. The second-order valence-electron chi connectivity index (χ2n) is 8.79. The van der Waals surface area contributed by atoms with E-state index in [1.165, 1.54) is 27.4 Å². The number of amides is 2. The average Bonchev–Trinajstić information content (AvgIpc) is 3.21. The molecule has 1 saturated heterocycles. The SMILES string of the molecule is CC(NC(=O)N(C)Cc1ccc(Br)cc1Oc1ccc(F)c(Cl)c1)c1ccc(N2CCCS2(=O)=O)cc1. The second kappa shape index (κ2) is 11.3. The molecule has 1 aliphatic rings. The third kappa shape index (κ3) is 6.55. The van der Waals surface area contributed by atoms with Crippen molar-refractivity contribution in [3.05, 3.63) is 87.1 Å². The molecule has 1 fully saturated rings. The fourth-order valence-electron chi connectivity index (χ4n) is 3.99. The number of hydrogen-bond acceptors (Lipinski definition) is 4. The van der Waals surface area contributed by atoms with Crippen LogP contribution in [0.3, 0.4) is 0 Å². The molecule has 1 N–H and O–H groups in total. The Morgan fingerprint density at radius 1 is 1.19 bits per heavy atom. The zero-order valence-electron chi connectivity index (χ0n) is 20.2. The largest absolute Gasteiger partial charge is 0.457 e. The predicted octanol–water partition coefficient (Wildman–Crippen LogP) is 6.48. The molecule has 37 heavy (non-hydrogen) atoms. The van der Waals surface area contributed by atoms with Crippen molar-refractivity contribution in [1.82, 2.24) is 10.2 Å². The smallest absolute Gasteiger partial charge is 0.317 e. The number of nitrogens with one attached hydrogen (secondary N) is 1. The zero-order valence-corrected chi connectivity index (χ0v) is 23.4. The standard InChI is InChI=1S/C26H26BrClFN3O4S/c1-17(18-5-8-21(9-6-18)32-12-3-13-37(32,34)35)30-26(33)31(2)16-19-4-7-20(27)14-25(19)36-22-10-11-24(29)23(28)15-22/h4-11,14-15,17H,3,12-13,16H2,1-2H3,(H,30,33). The van der Waals surface area contributed by atoms with Gasteiger partial charge in [-0.1, -0.05) is 45.7 Å². The number of sulfonamides is 1. The topological polar surface area (TPSA) is 79.0 Å². The molecule has 4 rings (SSSR count). The summed E-state index contributed by atoms with van der Waals surface area (Å²) in [6, 6.07) is 16.1. The zero-order chi connectivity index (χ0) is 26.7. The summed E-state index contributed by atoms with van der Waals surface area (Å²) in [6.45, 7) is 2.59. The van der Waals surface area contributed by atoms with Crippen molar-refractivity contribution in [3.8, 4) is 11.5 Å². The Hall–Kier alpha value is -2.82. The molecule has 1 heterocycles. The van der Waals surface area contributed by atoms with Crippen molar-refractivity contribution in [3.63, 3.8) is 0 Å². The molecule has 11 heteroatoms. The van der Waals surface area contributed by atoms with Crippen molar-refractivity contribution in [2.45, 2.75) is 25.9 Å². The quantitative estimate of drug-likeness (QED) is 0.332. The first-order valence-electron chi connectivity index (χ1n) is 11.6. The molecule has 196 valence electrons. The summed E-state index contributed by atoms with van der Waals surface area (Å²) in [5, 5.41) is 2.91. The number of carbonyl (C=O) groups excluding carboxylic acids is 1. The minimum atomic E-state index is -3.24. The number of benzene rings is 3. The summed E-state index contributed by atoms with van der Waals surface area (Å²) < 4.78 is 46.0. The maximum absolute atomic E-state index is 13.5. The highest BCUT2D eigenvalue weighted by Gasteiger charge is 2.28. The molecule has 0 spiro atoms. The molecule has 3 aromatic rings. The fraction of sp³-hybridized carbons (Fsp3) is 0.269. The Balaban J connectivity index is 1.41. The van der Waals surface area contributed by atoms with Crippen LogP contribution in [0.5, 0.6) is 11.5 Å². The van der Waals surface area contributed by atoms with Crippen molar-refractivity contribution in [1.29, 1.82) is 0 Å². The first-order chi connectivity index (χ1) is 17.5. The molecule has 0 saturated carbocycles. The van der Waals surface area contributed by atoms with Crippen LogP contribution in [-0.2, 0) is 16.6 Å². The number of ether oxygens (including phenoxy) is 1. The van der Waals surface area contributed by atoms with Gasteiger partial charge in [0.25, 0.3) is 0 Å². The number of anilines is 1. The molecule has 0 aliphatic carbocycles. The van der Waals surface area contributed by atoms with Crippen LogP contribution in [0.4, 0.5) is 14.9 Å². The molecule has 1 aliphatic heterocycles. The summed E-state index contributed by atoms with van der Waals surface area (Å²) in [4.78, 5) is 14.5. The van der Waals surface area contributed by atoms with Gasteiger partial charge in [0, 0.05) is 29.7 Å². The van der Waals surface area contributed by atoms with Crippen LogP contribution in [0.2, 0.25) is 5.02 Å². The van der Waals surface area contributed by atoms with Gasteiger partial charge in [-0.2, -0.15) is 0 Å². The van der Waals surface area contributed by atoms with Gasteiger partial charge in [0.1, 0.15) is 17.3 Å². The van der Waals surface area contributed by atoms with Crippen LogP contribution in [0.1, 0.15) is 30.5 Å². The highest BCUT2D eigenvalue weighted by Crippen LogP contribution is 2.32. The lowest BCUT2D eigenvalue weighted by atomic mass is 10.1. The Morgan fingerprint density at radius 2 is 1.92 bits per heavy atom. The van der Waals surface area contributed by atoms with E-state index in [0.29, 0.717) is 30.2 Å². The molecule has 2 amide bonds. The minimum Gasteiger partial charge on any atom is -0.457 e. The van der Waals surface area contributed by atoms with Gasteiger partial charge in [-0.25, -0.2) is 17.6 Å². The van der Waals surface area contributed by atoms with Crippen molar-refractivity contribution >= 4 is 49.3 Å². The van der Waals surface area contributed by atoms with E-state index in [1.807, 2.05) is 31.2 Å². The normalized spacial score (nSPS) is 15.3. The maximum Gasteiger partial charge on any atom is 0.317 e. The monoisotopic (exact) mass is 609 g/mol. The molecule has 7 nitrogen and oxygen atoms in total. The van der Waals surface area contributed by atoms with E-state index in [2.05, 4.69) is 21.2 Å². The number of carbonyl (C=O) groups is 1. The van der Waals surface area contributed by atoms with Crippen LogP contribution in [0.25, 0.3) is 0 Å². The van der Waals surface area contributed by atoms with E-state index in [1.54, 1.807) is 25.2 Å². The summed E-state index contributed by atoms with van der Waals surface area (Å²) in [6.07, 6.45) is 0.617. The summed E-state index contributed by atoms with van der Waals surface area (Å²) in [5.74, 6) is 0.495. The first-order valence-corrected chi connectivity index (χ1v) is 14.3. The van der Waals surface area contributed by atoms with Gasteiger partial charge in [0.2, 0.25) is 10.0 Å². The Bertz CT molecular complexity index is 1410.